The summed E-state index contributed by atoms with van der Waals surface area (Å²) in [6.45, 7) is 6.47. The number of thiocarbonyl (C=S) groups is 1. The molecular weight excluding hydrogens is 363 g/mol. The molecular formula is C18H20Cl2N2OS. The SMILES string of the molecule is COc1ccc(C(C)(C)C)cc1NC(=S)Nc1cc(Cl)cc(Cl)c1. The van der Waals surface area contributed by atoms with E-state index >= 15 is 0 Å². The maximum Gasteiger partial charge on any atom is 0.175 e. The van der Waals surface area contributed by atoms with Crippen LogP contribution in [-0.2, 0) is 5.41 Å². The van der Waals surface area contributed by atoms with Crippen LogP contribution in [0, 0.1) is 0 Å². The molecule has 0 aliphatic heterocycles. The molecule has 2 rings (SSSR count). The number of hydrogen-bond donors (Lipinski definition) is 2. The molecule has 128 valence electrons. The third-order valence-corrected chi connectivity index (χ3v) is 4.07. The molecule has 3 nitrogen and oxygen atoms in total. The smallest absolute Gasteiger partial charge is 0.175 e. The number of ether oxygens (including phenoxy) is 1. The Kier molecular flexibility index (Phi) is 5.97. The van der Waals surface area contributed by atoms with Gasteiger partial charge in [0.1, 0.15) is 5.75 Å². The number of methoxy groups -OCH3 is 1. The quantitative estimate of drug-likeness (QED) is 0.627. The molecule has 2 aromatic rings. The van der Waals surface area contributed by atoms with Gasteiger partial charge in [-0.05, 0) is 53.5 Å². The van der Waals surface area contributed by atoms with E-state index in [4.69, 9.17) is 40.2 Å². The highest BCUT2D eigenvalue weighted by Gasteiger charge is 2.16. The number of rotatable bonds is 3. The lowest BCUT2D eigenvalue weighted by atomic mass is 9.87. The lowest BCUT2D eigenvalue weighted by Gasteiger charge is -2.22. The zero-order valence-corrected chi connectivity index (χ0v) is 16.4. The van der Waals surface area contributed by atoms with E-state index in [1.54, 1.807) is 25.3 Å². The molecule has 0 fully saturated rings. The van der Waals surface area contributed by atoms with Crippen LogP contribution >= 0.6 is 35.4 Å². The molecule has 0 saturated heterocycles. The van der Waals surface area contributed by atoms with Crippen LogP contribution in [0.25, 0.3) is 0 Å². The van der Waals surface area contributed by atoms with Crippen LogP contribution in [-0.4, -0.2) is 12.2 Å². The minimum atomic E-state index is 0.0260. The Bertz CT molecular complexity index is 737. The van der Waals surface area contributed by atoms with Gasteiger partial charge in [-0.1, -0.05) is 50.0 Å². The Morgan fingerprint density at radius 2 is 1.62 bits per heavy atom. The van der Waals surface area contributed by atoms with E-state index in [0.29, 0.717) is 15.2 Å². The largest absolute Gasteiger partial charge is 0.495 e. The van der Waals surface area contributed by atoms with Gasteiger partial charge < -0.3 is 15.4 Å². The summed E-state index contributed by atoms with van der Waals surface area (Å²) in [4.78, 5) is 0. The summed E-state index contributed by atoms with van der Waals surface area (Å²) < 4.78 is 5.41. The Morgan fingerprint density at radius 3 is 2.17 bits per heavy atom. The van der Waals surface area contributed by atoms with Crippen molar-refractivity contribution >= 4 is 51.9 Å². The lowest BCUT2D eigenvalue weighted by molar-refractivity contribution is 0.416. The first-order chi connectivity index (χ1) is 11.2. The van der Waals surface area contributed by atoms with Gasteiger partial charge in [0, 0.05) is 15.7 Å². The van der Waals surface area contributed by atoms with E-state index < -0.39 is 0 Å². The molecule has 0 aliphatic rings. The van der Waals surface area contributed by atoms with Crippen LogP contribution in [0.2, 0.25) is 10.0 Å². The van der Waals surface area contributed by atoms with Crippen molar-refractivity contribution in [2.75, 3.05) is 17.7 Å². The van der Waals surface area contributed by atoms with E-state index in [2.05, 4.69) is 37.5 Å². The minimum Gasteiger partial charge on any atom is -0.495 e. The summed E-state index contributed by atoms with van der Waals surface area (Å²) in [5.41, 5.74) is 2.73. The molecule has 0 atom stereocenters. The van der Waals surface area contributed by atoms with Crippen molar-refractivity contribution in [3.8, 4) is 5.75 Å². The van der Waals surface area contributed by atoms with Gasteiger partial charge >= 0.3 is 0 Å². The molecule has 0 aliphatic carbocycles. The fraction of sp³-hybridized carbons (Fsp3) is 0.278. The molecule has 6 heteroatoms. The summed E-state index contributed by atoms with van der Waals surface area (Å²) in [6, 6.07) is 11.2. The fourth-order valence-electron chi connectivity index (χ4n) is 2.18. The molecule has 2 N–H and O–H groups in total. The second-order valence-corrected chi connectivity index (χ2v) is 7.68. The monoisotopic (exact) mass is 382 g/mol. The first-order valence-corrected chi connectivity index (χ1v) is 8.58. The van der Waals surface area contributed by atoms with Crippen molar-refractivity contribution < 1.29 is 4.74 Å². The van der Waals surface area contributed by atoms with Crippen molar-refractivity contribution in [3.63, 3.8) is 0 Å². The zero-order valence-electron chi connectivity index (χ0n) is 14.0. The molecule has 0 amide bonds. The molecule has 24 heavy (non-hydrogen) atoms. The molecule has 0 spiro atoms. The molecule has 0 radical (unpaired) electrons. The second-order valence-electron chi connectivity index (χ2n) is 6.40. The standard InChI is InChI=1S/C18H20Cl2N2OS/c1-18(2,3)11-5-6-16(23-4)15(7-11)22-17(24)21-14-9-12(19)8-13(20)10-14/h5-10H,1-4H3,(H2,21,22,24). The van der Waals surface area contributed by atoms with Crippen molar-refractivity contribution in [3.05, 3.63) is 52.0 Å². The molecule has 0 heterocycles. The normalized spacial score (nSPS) is 11.1. The molecule has 0 aromatic heterocycles. The van der Waals surface area contributed by atoms with Crippen molar-refractivity contribution in [1.29, 1.82) is 0 Å². The first kappa shape index (κ1) is 18.8. The summed E-state index contributed by atoms with van der Waals surface area (Å²) in [5, 5.41) is 7.76. The van der Waals surface area contributed by atoms with Gasteiger partial charge in [0.05, 0.1) is 12.8 Å². The van der Waals surface area contributed by atoms with Crippen molar-refractivity contribution in [2.45, 2.75) is 26.2 Å². The predicted octanol–water partition coefficient (Wildman–Crippen LogP) is 6.11. The first-order valence-electron chi connectivity index (χ1n) is 7.41. The number of anilines is 2. The van der Waals surface area contributed by atoms with E-state index in [1.807, 2.05) is 12.1 Å². The molecule has 0 saturated carbocycles. The third-order valence-electron chi connectivity index (χ3n) is 3.43. The van der Waals surface area contributed by atoms with E-state index in [0.717, 1.165) is 17.1 Å². The number of hydrogen-bond acceptors (Lipinski definition) is 2. The van der Waals surface area contributed by atoms with Crippen molar-refractivity contribution in [2.24, 2.45) is 0 Å². The van der Waals surface area contributed by atoms with Gasteiger partial charge in [0.2, 0.25) is 0 Å². The van der Waals surface area contributed by atoms with Crippen LogP contribution in [0.5, 0.6) is 5.75 Å². The zero-order chi connectivity index (χ0) is 17.9. The van der Waals surface area contributed by atoms with Gasteiger partial charge in [-0.15, -0.1) is 0 Å². The number of nitrogens with one attached hydrogen (secondary N) is 2. The maximum absolute atomic E-state index is 6.00. The maximum atomic E-state index is 6.00. The van der Waals surface area contributed by atoms with Crippen LogP contribution in [0.1, 0.15) is 26.3 Å². The fourth-order valence-corrected chi connectivity index (χ4v) is 2.94. The molecule has 0 unspecified atom stereocenters. The van der Waals surface area contributed by atoms with Crippen LogP contribution in [0.4, 0.5) is 11.4 Å². The average Bonchev–Trinajstić information content (AvgIpc) is 2.44. The third kappa shape index (κ3) is 5.00. The predicted molar refractivity (Wildman–Crippen MR) is 108 cm³/mol. The summed E-state index contributed by atoms with van der Waals surface area (Å²) >= 11 is 17.4. The van der Waals surface area contributed by atoms with Gasteiger partial charge in [-0.25, -0.2) is 0 Å². The van der Waals surface area contributed by atoms with Crippen LogP contribution in [0.15, 0.2) is 36.4 Å². The van der Waals surface area contributed by atoms with Gasteiger partial charge in [-0.2, -0.15) is 0 Å². The molecule has 0 bridgehead atoms. The van der Waals surface area contributed by atoms with E-state index in [-0.39, 0.29) is 5.41 Å². The number of halogens is 2. The Labute approximate surface area is 158 Å². The van der Waals surface area contributed by atoms with Gasteiger partial charge in [0.25, 0.3) is 0 Å². The highest BCUT2D eigenvalue weighted by atomic mass is 35.5. The van der Waals surface area contributed by atoms with Crippen molar-refractivity contribution in [1.82, 2.24) is 0 Å². The van der Waals surface area contributed by atoms with Crippen LogP contribution in [0.3, 0.4) is 0 Å². The highest BCUT2D eigenvalue weighted by Crippen LogP contribution is 2.31. The van der Waals surface area contributed by atoms with Gasteiger partial charge in [0.15, 0.2) is 5.11 Å². The number of benzene rings is 2. The average molecular weight is 383 g/mol. The molecule has 2 aromatic carbocycles. The van der Waals surface area contributed by atoms with Crippen LogP contribution < -0.4 is 15.4 Å². The Hall–Kier alpha value is -1.49. The Morgan fingerprint density at radius 1 is 1.00 bits per heavy atom. The minimum absolute atomic E-state index is 0.0260. The van der Waals surface area contributed by atoms with E-state index in [1.165, 1.54) is 5.56 Å². The Balaban J connectivity index is 2.21. The summed E-state index contributed by atoms with van der Waals surface area (Å²) in [5.74, 6) is 0.719. The van der Waals surface area contributed by atoms with Gasteiger partial charge in [-0.3, -0.25) is 0 Å². The second kappa shape index (κ2) is 7.60. The summed E-state index contributed by atoms with van der Waals surface area (Å²) in [7, 11) is 1.63. The topological polar surface area (TPSA) is 33.3 Å². The lowest BCUT2D eigenvalue weighted by Crippen LogP contribution is -2.20. The van der Waals surface area contributed by atoms with E-state index in [9.17, 15) is 0 Å². The summed E-state index contributed by atoms with van der Waals surface area (Å²) in [6.07, 6.45) is 0. The highest BCUT2D eigenvalue weighted by molar-refractivity contribution is 7.80.